The number of thiophene rings is 1. The maximum Gasteiger partial charge on any atom is 0.191 e. The first kappa shape index (κ1) is 13.0. The first-order chi connectivity index (χ1) is 9.78. The van der Waals surface area contributed by atoms with Crippen LogP contribution in [-0.2, 0) is 13.5 Å². The minimum Gasteiger partial charge on any atom is -0.330 e. The van der Waals surface area contributed by atoms with Crippen molar-refractivity contribution in [2.45, 2.75) is 6.42 Å². The average Bonchev–Trinajstić information content (AvgIpc) is 3.08. The standard InChI is InChI=1S/C15H16N4S/c1-19-15(12-5-2-4-11(10-12)7-8-16)17-14(18-19)13-6-3-9-20-13/h2-6,9-10H,7-8,16H2,1H3. The van der Waals surface area contributed by atoms with Crippen molar-refractivity contribution >= 4 is 11.3 Å². The Morgan fingerprint density at radius 1 is 1.25 bits per heavy atom. The second-order valence-electron chi connectivity index (χ2n) is 4.60. The normalized spacial score (nSPS) is 10.9. The van der Waals surface area contributed by atoms with E-state index in [1.807, 2.05) is 35.3 Å². The Balaban J connectivity index is 2.00. The van der Waals surface area contributed by atoms with E-state index in [1.54, 1.807) is 11.3 Å². The van der Waals surface area contributed by atoms with Crippen molar-refractivity contribution in [3.63, 3.8) is 0 Å². The minimum absolute atomic E-state index is 0.655. The molecule has 0 aliphatic heterocycles. The molecule has 0 atom stereocenters. The number of hydrogen-bond acceptors (Lipinski definition) is 4. The number of benzene rings is 1. The zero-order valence-electron chi connectivity index (χ0n) is 11.3. The van der Waals surface area contributed by atoms with Crippen LogP contribution in [0.2, 0.25) is 0 Å². The summed E-state index contributed by atoms with van der Waals surface area (Å²) in [6.45, 7) is 0.655. The molecule has 102 valence electrons. The Bertz CT molecular complexity index is 700. The molecule has 2 heterocycles. The van der Waals surface area contributed by atoms with E-state index in [-0.39, 0.29) is 0 Å². The molecular weight excluding hydrogens is 268 g/mol. The van der Waals surface area contributed by atoms with Crippen LogP contribution in [0.4, 0.5) is 0 Å². The van der Waals surface area contributed by atoms with E-state index in [9.17, 15) is 0 Å². The zero-order chi connectivity index (χ0) is 13.9. The van der Waals surface area contributed by atoms with Gasteiger partial charge in [-0.3, -0.25) is 0 Å². The van der Waals surface area contributed by atoms with Gasteiger partial charge in [0.15, 0.2) is 11.6 Å². The lowest BCUT2D eigenvalue weighted by Gasteiger charge is -2.03. The molecule has 3 aromatic rings. The molecule has 0 fully saturated rings. The molecule has 0 amide bonds. The summed E-state index contributed by atoms with van der Waals surface area (Å²) >= 11 is 1.65. The third-order valence-electron chi connectivity index (χ3n) is 3.12. The van der Waals surface area contributed by atoms with Gasteiger partial charge in [-0.25, -0.2) is 9.67 Å². The summed E-state index contributed by atoms with van der Waals surface area (Å²) in [4.78, 5) is 5.74. The van der Waals surface area contributed by atoms with E-state index in [0.717, 1.165) is 28.5 Å². The lowest BCUT2D eigenvalue weighted by molar-refractivity contribution is 0.777. The lowest BCUT2D eigenvalue weighted by atomic mass is 10.1. The van der Waals surface area contributed by atoms with Crippen LogP contribution in [0.5, 0.6) is 0 Å². The predicted molar refractivity (Wildman–Crippen MR) is 82.5 cm³/mol. The maximum absolute atomic E-state index is 5.62. The van der Waals surface area contributed by atoms with E-state index in [4.69, 9.17) is 5.73 Å². The average molecular weight is 284 g/mol. The van der Waals surface area contributed by atoms with Crippen molar-refractivity contribution in [3.05, 3.63) is 47.3 Å². The molecule has 0 aliphatic carbocycles. The summed E-state index contributed by atoms with van der Waals surface area (Å²) in [5.41, 5.74) is 7.92. The summed E-state index contributed by atoms with van der Waals surface area (Å²) < 4.78 is 1.83. The fourth-order valence-electron chi connectivity index (χ4n) is 2.18. The highest BCUT2D eigenvalue weighted by atomic mass is 32.1. The minimum atomic E-state index is 0.655. The summed E-state index contributed by atoms with van der Waals surface area (Å²) in [5, 5.41) is 6.53. The zero-order valence-corrected chi connectivity index (χ0v) is 12.1. The molecule has 2 N–H and O–H groups in total. The highest BCUT2D eigenvalue weighted by Crippen LogP contribution is 2.25. The smallest absolute Gasteiger partial charge is 0.191 e. The number of aryl methyl sites for hydroxylation is 1. The summed E-state index contributed by atoms with van der Waals surface area (Å²) in [7, 11) is 1.93. The molecule has 0 radical (unpaired) electrons. The van der Waals surface area contributed by atoms with Crippen molar-refractivity contribution in [1.29, 1.82) is 0 Å². The molecule has 4 nitrogen and oxygen atoms in total. The first-order valence-electron chi connectivity index (χ1n) is 6.52. The van der Waals surface area contributed by atoms with Crippen molar-refractivity contribution in [2.24, 2.45) is 12.8 Å². The van der Waals surface area contributed by atoms with E-state index >= 15 is 0 Å². The molecule has 0 unspecified atom stereocenters. The molecule has 0 saturated heterocycles. The molecule has 0 bridgehead atoms. The van der Waals surface area contributed by atoms with E-state index < -0.39 is 0 Å². The SMILES string of the molecule is Cn1nc(-c2cccs2)nc1-c1cccc(CCN)c1. The van der Waals surface area contributed by atoms with Gasteiger partial charge in [-0.2, -0.15) is 0 Å². The molecule has 1 aromatic carbocycles. The summed E-state index contributed by atoms with van der Waals surface area (Å²) in [6, 6.07) is 12.4. The van der Waals surface area contributed by atoms with Gasteiger partial charge in [-0.1, -0.05) is 24.3 Å². The number of nitrogens with two attached hydrogens (primary N) is 1. The third-order valence-corrected chi connectivity index (χ3v) is 3.99. The van der Waals surface area contributed by atoms with Crippen LogP contribution >= 0.6 is 11.3 Å². The largest absolute Gasteiger partial charge is 0.330 e. The van der Waals surface area contributed by atoms with Crippen LogP contribution in [0, 0.1) is 0 Å². The van der Waals surface area contributed by atoms with Crippen LogP contribution in [0.25, 0.3) is 22.1 Å². The van der Waals surface area contributed by atoms with Crippen molar-refractivity contribution < 1.29 is 0 Å². The van der Waals surface area contributed by atoms with Gasteiger partial charge in [0.25, 0.3) is 0 Å². The van der Waals surface area contributed by atoms with Gasteiger partial charge < -0.3 is 5.73 Å². The van der Waals surface area contributed by atoms with Crippen molar-refractivity contribution in [2.75, 3.05) is 6.54 Å². The predicted octanol–water partition coefficient (Wildman–Crippen LogP) is 2.71. The molecule has 0 aliphatic rings. The van der Waals surface area contributed by atoms with Crippen LogP contribution in [0.15, 0.2) is 41.8 Å². The quantitative estimate of drug-likeness (QED) is 0.801. The van der Waals surface area contributed by atoms with Gasteiger partial charge >= 0.3 is 0 Å². The Hall–Kier alpha value is -1.98. The molecule has 3 rings (SSSR count). The molecular formula is C15H16N4S. The van der Waals surface area contributed by atoms with Gasteiger partial charge in [0, 0.05) is 12.6 Å². The number of nitrogens with zero attached hydrogens (tertiary/aromatic N) is 3. The highest BCUT2D eigenvalue weighted by Gasteiger charge is 2.11. The Kier molecular flexibility index (Phi) is 3.62. The number of aromatic nitrogens is 3. The Labute approximate surface area is 121 Å². The third kappa shape index (κ3) is 2.50. The maximum atomic E-state index is 5.62. The van der Waals surface area contributed by atoms with Gasteiger partial charge in [0.2, 0.25) is 0 Å². The Morgan fingerprint density at radius 3 is 2.90 bits per heavy atom. The van der Waals surface area contributed by atoms with Crippen molar-refractivity contribution in [1.82, 2.24) is 14.8 Å². The number of hydrogen-bond donors (Lipinski definition) is 1. The van der Waals surface area contributed by atoms with Crippen molar-refractivity contribution in [3.8, 4) is 22.1 Å². The summed E-state index contributed by atoms with van der Waals surface area (Å²) in [5.74, 6) is 1.66. The van der Waals surface area contributed by atoms with E-state index in [2.05, 4.69) is 28.3 Å². The molecule has 20 heavy (non-hydrogen) atoms. The van der Waals surface area contributed by atoms with Crippen LogP contribution in [0.3, 0.4) is 0 Å². The fourth-order valence-corrected chi connectivity index (χ4v) is 2.83. The van der Waals surface area contributed by atoms with E-state index in [1.165, 1.54) is 5.56 Å². The second-order valence-corrected chi connectivity index (χ2v) is 5.55. The first-order valence-corrected chi connectivity index (χ1v) is 7.40. The highest BCUT2D eigenvalue weighted by molar-refractivity contribution is 7.13. The number of rotatable bonds is 4. The van der Waals surface area contributed by atoms with Gasteiger partial charge in [-0.05, 0) is 36.0 Å². The van der Waals surface area contributed by atoms with Crippen LogP contribution < -0.4 is 5.73 Å². The lowest BCUT2D eigenvalue weighted by Crippen LogP contribution is -2.03. The van der Waals surface area contributed by atoms with Gasteiger partial charge in [0.05, 0.1) is 4.88 Å². The molecule has 0 spiro atoms. The fraction of sp³-hybridized carbons (Fsp3) is 0.200. The molecule has 0 saturated carbocycles. The molecule has 5 heteroatoms. The van der Waals surface area contributed by atoms with E-state index in [0.29, 0.717) is 6.54 Å². The Morgan fingerprint density at radius 2 is 2.15 bits per heavy atom. The van der Waals surface area contributed by atoms with Crippen LogP contribution in [-0.4, -0.2) is 21.3 Å². The topological polar surface area (TPSA) is 56.7 Å². The summed E-state index contributed by atoms with van der Waals surface area (Å²) in [6.07, 6.45) is 0.878. The van der Waals surface area contributed by atoms with Crippen LogP contribution in [0.1, 0.15) is 5.56 Å². The second kappa shape index (κ2) is 5.56. The van der Waals surface area contributed by atoms with Gasteiger partial charge in [0.1, 0.15) is 0 Å². The molecule has 2 aromatic heterocycles. The monoisotopic (exact) mass is 284 g/mol. The van der Waals surface area contributed by atoms with Gasteiger partial charge in [-0.15, -0.1) is 16.4 Å².